The summed E-state index contributed by atoms with van der Waals surface area (Å²) in [7, 11) is 0. The van der Waals surface area contributed by atoms with Gasteiger partial charge in [0.2, 0.25) is 0 Å². The molecule has 0 amide bonds. The van der Waals surface area contributed by atoms with Crippen LogP contribution in [0.5, 0.6) is 0 Å². The Morgan fingerprint density at radius 3 is 2.64 bits per heavy atom. The molecule has 2 nitrogen and oxygen atoms in total. The molecule has 0 fully saturated rings. The highest BCUT2D eigenvalue weighted by molar-refractivity contribution is 6.19. The molecule has 1 rings (SSSR count). The summed E-state index contributed by atoms with van der Waals surface area (Å²) in [5.74, 6) is 0. The molecule has 0 aliphatic heterocycles. The Bertz CT molecular complexity index is 238. The number of benzene rings is 1. The van der Waals surface area contributed by atoms with Gasteiger partial charge in [-0.05, 0) is 12.5 Å². The van der Waals surface area contributed by atoms with E-state index in [0.29, 0.717) is 19.8 Å². The van der Waals surface area contributed by atoms with Crippen molar-refractivity contribution in [2.75, 3.05) is 13.2 Å². The van der Waals surface area contributed by atoms with Gasteiger partial charge in [0.25, 0.3) is 0 Å². The topological polar surface area (TPSA) is 18.5 Å². The minimum atomic E-state index is -0.366. The second-order valence-electron chi connectivity index (χ2n) is 2.87. The maximum absolute atomic E-state index is 5.86. The Kier molecular flexibility index (Phi) is 5.60. The van der Waals surface area contributed by atoms with Crippen molar-refractivity contribution in [3.05, 3.63) is 35.9 Å². The van der Waals surface area contributed by atoms with Crippen LogP contribution in [0.15, 0.2) is 30.3 Å². The molecule has 1 aromatic rings. The molecule has 0 aliphatic carbocycles. The molecule has 78 valence electrons. The Labute approximate surface area is 89.8 Å². The molecule has 14 heavy (non-hydrogen) atoms. The van der Waals surface area contributed by atoms with E-state index in [-0.39, 0.29) is 5.56 Å². The van der Waals surface area contributed by atoms with E-state index < -0.39 is 0 Å². The lowest BCUT2D eigenvalue weighted by atomic mass is 10.2. The van der Waals surface area contributed by atoms with Gasteiger partial charge in [-0.25, -0.2) is 0 Å². The Morgan fingerprint density at radius 2 is 2.00 bits per heavy atom. The molecule has 3 heteroatoms. The average Bonchev–Trinajstić information content (AvgIpc) is 2.25. The van der Waals surface area contributed by atoms with E-state index in [1.165, 1.54) is 0 Å². The van der Waals surface area contributed by atoms with Crippen LogP contribution in [0.2, 0.25) is 0 Å². The first kappa shape index (κ1) is 11.5. The van der Waals surface area contributed by atoms with Gasteiger partial charge in [-0.2, -0.15) is 0 Å². The van der Waals surface area contributed by atoms with Gasteiger partial charge in [0.05, 0.1) is 13.2 Å². The lowest BCUT2D eigenvalue weighted by Crippen LogP contribution is -2.13. The first-order valence-corrected chi connectivity index (χ1v) is 5.14. The first-order chi connectivity index (χ1) is 6.83. The van der Waals surface area contributed by atoms with Crippen LogP contribution in [0.25, 0.3) is 0 Å². The molecule has 0 aromatic heterocycles. The molecule has 1 atom stereocenters. The summed E-state index contributed by atoms with van der Waals surface area (Å²) in [6.07, 6.45) is 0. The van der Waals surface area contributed by atoms with Gasteiger partial charge >= 0.3 is 0 Å². The smallest absolute Gasteiger partial charge is 0.154 e. The fourth-order valence-electron chi connectivity index (χ4n) is 1.02. The largest absolute Gasteiger partial charge is 0.378 e. The van der Waals surface area contributed by atoms with Crippen LogP contribution in [-0.4, -0.2) is 18.8 Å². The fraction of sp³-hybridized carbons (Fsp3) is 0.455. The number of hydrogen-bond donors (Lipinski definition) is 0. The number of ether oxygens (including phenoxy) is 2. The summed E-state index contributed by atoms with van der Waals surface area (Å²) in [6, 6.07) is 9.94. The van der Waals surface area contributed by atoms with Crippen molar-refractivity contribution in [3.8, 4) is 0 Å². The van der Waals surface area contributed by atoms with Gasteiger partial charge in [0.1, 0.15) is 0 Å². The summed E-state index contributed by atoms with van der Waals surface area (Å²) in [4.78, 5) is 0. The Balaban J connectivity index is 2.20. The minimum absolute atomic E-state index is 0.366. The van der Waals surface area contributed by atoms with Gasteiger partial charge in [-0.15, -0.1) is 0 Å². The zero-order chi connectivity index (χ0) is 10.2. The summed E-state index contributed by atoms with van der Waals surface area (Å²) in [6.45, 7) is 3.56. The maximum Gasteiger partial charge on any atom is 0.154 e. The van der Waals surface area contributed by atoms with Crippen molar-refractivity contribution < 1.29 is 9.47 Å². The molecular weight excluding hydrogens is 200 g/mol. The Morgan fingerprint density at radius 1 is 1.29 bits per heavy atom. The van der Waals surface area contributed by atoms with Crippen LogP contribution >= 0.6 is 11.6 Å². The lowest BCUT2D eigenvalue weighted by Gasteiger charge is -2.10. The summed E-state index contributed by atoms with van der Waals surface area (Å²) >= 11 is 5.86. The van der Waals surface area contributed by atoms with E-state index in [0.717, 1.165) is 5.56 Å². The highest BCUT2D eigenvalue weighted by Gasteiger charge is 2.03. The maximum atomic E-state index is 5.86. The average molecular weight is 215 g/mol. The van der Waals surface area contributed by atoms with E-state index in [1.807, 2.05) is 37.3 Å². The van der Waals surface area contributed by atoms with Crippen LogP contribution in [0.3, 0.4) is 0 Å². The van der Waals surface area contributed by atoms with E-state index in [9.17, 15) is 0 Å². The number of alkyl halides is 1. The van der Waals surface area contributed by atoms with Crippen molar-refractivity contribution >= 4 is 11.6 Å². The minimum Gasteiger partial charge on any atom is -0.378 e. The summed E-state index contributed by atoms with van der Waals surface area (Å²) in [5.41, 5.74) is 0.754. The lowest BCUT2D eigenvalue weighted by molar-refractivity contribution is 0.0214. The van der Waals surface area contributed by atoms with Crippen molar-refractivity contribution in [1.29, 1.82) is 0 Å². The molecule has 1 aromatic carbocycles. The zero-order valence-electron chi connectivity index (χ0n) is 8.28. The van der Waals surface area contributed by atoms with E-state index in [2.05, 4.69) is 0 Å². The van der Waals surface area contributed by atoms with Crippen LogP contribution in [0.1, 0.15) is 12.5 Å². The predicted octanol–water partition coefficient (Wildman–Crippen LogP) is 2.80. The monoisotopic (exact) mass is 214 g/mol. The summed E-state index contributed by atoms with van der Waals surface area (Å²) < 4.78 is 10.5. The molecule has 0 radical (unpaired) electrons. The highest BCUT2D eigenvalue weighted by Crippen LogP contribution is 2.06. The number of hydrogen-bond acceptors (Lipinski definition) is 2. The molecule has 0 aliphatic rings. The first-order valence-electron chi connectivity index (χ1n) is 4.70. The fourth-order valence-corrected chi connectivity index (χ4v) is 1.17. The van der Waals surface area contributed by atoms with E-state index >= 15 is 0 Å². The van der Waals surface area contributed by atoms with Crippen LogP contribution < -0.4 is 0 Å². The van der Waals surface area contributed by atoms with Gasteiger partial charge in [0, 0.05) is 6.61 Å². The van der Waals surface area contributed by atoms with Crippen molar-refractivity contribution in [2.24, 2.45) is 0 Å². The predicted molar refractivity (Wildman–Crippen MR) is 57.4 cm³/mol. The third-order valence-corrected chi connectivity index (χ3v) is 1.98. The third kappa shape index (κ3) is 4.61. The second kappa shape index (κ2) is 6.82. The van der Waals surface area contributed by atoms with Crippen molar-refractivity contribution in [1.82, 2.24) is 0 Å². The van der Waals surface area contributed by atoms with Crippen molar-refractivity contribution in [3.63, 3.8) is 0 Å². The quantitative estimate of drug-likeness (QED) is 0.678. The highest BCUT2D eigenvalue weighted by atomic mass is 35.5. The molecule has 0 N–H and O–H groups in total. The molecule has 0 saturated carbocycles. The standard InChI is InChI=1S/C11H15ClO2/c1-2-13-9-11(12)14-8-10-6-4-3-5-7-10/h3-7,11H,2,8-9H2,1H3. The van der Waals surface area contributed by atoms with Crippen LogP contribution in [0, 0.1) is 0 Å². The molecular formula is C11H15ClO2. The number of rotatable bonds is 6. The third-order valence-electron chi connectivity index (χ3n) is 1.73. The molecule has 0 heterocycles. The van der Waals surface area contributed by atoms with Gasteiger partial charge in [-0.3, -0.25) is 0 Å². The molecule has 0 spiro atoms. The van der Waals surface area contributed by atoms with Gasteiger partial charge in [0.15, 0.2) is 5.56 Å². The normalized spacial score (nSPS) is 12.7. The van der Waals surface area contributed by atoms with Crippen molar-refractivity contribution in [2.45, 2.75) is 19.1 Å². The van der Waals surface area contributed by atoms with E-state index in [1.54, 1.807) is 0 Å². The molecule has 0 saturated heterocycles. The van der Waals surface area contributed by atoms with Crippen LogP contribution in [-0.2, 0) is 16.1 Å². The SMILES string of the molecule is CCOCC(Cl)OCc1ccccc1. The van der Waals surface area contributed by atoms with Crippen LogP contribution in [0.4, 0.5) is 0 Å². The zero-order valence-corrected chi connectivity index (χ0v) is 9.04. The summed E-state index contributed by atoms with van der Waals surface area (Å²) in [5, 5.41) is 0. The Hall–Kier alpha value is -0.570. The van der Waals surface area contributed by atoms with Gasteiger partial charge in [-0.1, -0.05) is 41.9 Å². The van der Waals surface area contributed by atoms with Gasteiger partial charge < -0.3 is 9.47 Å². The van der Waals surface area contributed by atoms with E-state index in [4.69, 9.17) is 21.1 Å². The molecule has 1 unspecified atom stereocenters. The molecule has 0 bridgehead atoms. The number of halogens is 1. The second-order valence-corrected chi connectivity index (χ2v) is 3.35.